The molecule has 27 heavy (non-hydrogen) atoms. The zero-order valence-electron chi connectivity index (χ0n) is 13.9. The molecule has 0 atom stereocenters. The molecule has 1 N–H and O–H groups in total. The summed E-state index contributed by atoms with van der Waals surface area (Å²) in [5, 5.41) is 6.27. The number of benzene rings is 2. The van der Waals surface area contributed by atoms with Crippen LogP contribution in [0.15, 0.2) is 72.4 Å². The molecular formula is C20H13Cl2N3OS. The van der Waals surface area contributed by atoms with Crippen molar-refractivity contribution in [2.45, 2.75) is 0 Å². The van der Waals surface area contributed by atoms with Gasteiger partial charge in [0.15, 0.2) is 5.13 Å². The summed E-state index contributed by atoms with van der Waals surface area (Å²) in [5.41, 5.74) is 3.02. The van der Waals surface area contributed by atoms with Gasteiger partial charge in [-0.25, -0.2) is 4.98 Å². The second kappa shape index (κ2) is 7.56. The summed E-state index contributed by atoms with van der Waals surface area (Å²) in [5.74, 6) is -0.211. The molecule has 0 saturated heterocycles. The Morgan fingerprint density at radius 2 is 1.78 bits per heavy atom. The monoisotopic (exact) mass is 413 g/mol. The summed E-state index contributed by atoms with van der Waals surface area (Å²) in [6.45, 7) is 0. The highest BCUT2D eigenvalue weighted by atomic mass is 35.5. The molecule has 0 saturated carbocycles. The Balaban J connectivity index is 1.49. The fraction of sp³-hybridized carbons (Fsp3) is 0. The Morgan fingerprint density at radius 3 is 2.48 bits per heavy atom. The molecule has 7 heteroatoms. The second-order valence-electron chi connectivity index (χ2n) is 5.75. The molecular weight excluding hydrogens is 401 g/mol. The molecule has 2 aromatic heterocycles. The quantitative estimate of drug-likeness (QED) is 0.435. The minimum atomic E-state index is -0.211. The van der Waals surface area contributed by atoms with Crippen LogP contribution in [0.4, 0.5) is 5.13 Å². The normalized spacial score (nSPS) is 10.7. The zero-order valence-corrected chi connectivity index (χ0v) is 16.2. The van der Waals surface area contributed by atoms with Crippen molar-refractivity contribution >= 4 is 45.6 Å². The fourth-order valence-corrected chi connectivity index (χ4v) is 3.82. The number of anilines is 1. The predicted molar refractivity (Wildman–Crippen MR) is 111 cm³/mol. The maximum absolute atomic E-state index is 12.5. The number of hydrogen-bond acceptors (Lipinski definition) is 3. The lowest BCUT2D eigenvalue weighted by Gasteiger charge is -2.05. The number of thiazole rings is 1. The Hall–Kier alpha value is -2.60. The van der Waals surface area contributed by atoms with E-state index in [1.165, 1.54) is 11.3 Å². The number of nitrogens with one attached hydrogen (secondary N) is 1. The molecule has 134 valence electrons. The van der Waals surface area contributed by atoms with Gasteiger partial charge >= 0.3 is 0 Å². The van der Waals surface area contributed by atoms with Crippen molar-refractivity contribution in [2.24, 2.45) is 0 Å². The molecule has 0 spiro atoms. The second-order valence-corrected chi connectivity index (χ2v) is 7.46. The Morgan fingerprint density at radius 1 is 1.04 bits per heavy atom. The Labute approximate surface area is 170 Å². The summed E-state index contributed by atoms with van der Waals surface area (Å²) >= 11 is 13.5. The third kappa shape index (κ3) is 3.90. The number of nitrogens with zero attached hydrogens (tertiary/aromatic N) is 2. The number of carbonyl (C=O) groups is 1. The van der Waals surface area contributed by atoms with Crippen LogP contribution in [0.3, 0.4) is 0 Å². The van der Waals surface area contributed by atoms with Gasteiger partial charge in [-0.1, -0.05) is 23.2 Å². The van der Waals surface area contributed by atoms with E-state index in [2.05, 4.69) is 10.3 Å². The first kappa shape index (κ1) is 17.8. The van der Waals surface area contributed by atoms with E-state index in [4.69, 9.17) is 23.2 Å². The molecule has 2 heterocycles. The first-order chi connectivity index (χ1) is 13.1. The van der Waals surface area contributed by atoms with Crippen LogP contribution in [-0.2, 0) is 0 Å². The van der Waals surface area contributed by atoms with Gasteiger partial charge in [-0.05, 0) is 54.6 Å². The topological polar surface area (TPSA) is 46.9 Å². The van der Waals surface area contributed by atoms with Gasteiger partial charge in [0, 0.05) is 39.6 Å². The van der Waals surface area contributed by atoms with E-state index in [1.807, 2.05) is 52.7 Å². The average molecular weight is 414 g/mol. The highest BCUT2D eigenvalue weighted by Crippen LogP contribution is 2.32. The molecule has 4 nitrogen and oxygen atoms in total. The summed E-state index contributed by atoms with van der Waals surface area (Å²) in [6.07, 6.45) is 3.90. The van der Waals surface area contributed by atoms with Gasteiger partial charge in [-0.15, -0.1) is 11.3 Å². The van der Waals surface area contributed by atoms with Crippen LogP contribution in [0.1, 0.15) is 10.4 Å². The molecule has 0 aliphatic carbocycles. The van der Waals surface area contributed by atoms with Crippen molar-refractivity contribution < 1.29 is 4.79 Å². The van der Waals surface area contributed by atoms with Gasteiger partial charge in [-0.2, -0.15) is 0 Å². The number of carbonyl (C=O) groups excluding carboxylic acids is 1. The van der Waals surface area contributed by atoms with Crippen molar-refractivity contribution in [3.8, 4) is 16.9 Å². The predicted octanol–water partition coefficient (Wildman–Crippen LogP) is 6.16. The van der Waals surface area contributed by atoms with Crippen LogP contribution >= 0.6 is 34.5 Å². The first-order valence-electron chi connectivity index (χ1n) is 8.06. The highest BCUT2D eigenvalue weighted by Gasteiger charge is 2.12. The standard InChI is InChI=1S/C20H13Cl2N3OS/c21-14-5-8-16(17(22)11-14)18-12-27-20(23-18)24-19(26)13-3-6-15(7-4-13)25-9-1-2-10-25/h1-12H,(H,23,24,26). The SMILES string of the molecule is O=C(Nc1nc(-c2ccc(Cl)cc2Cl)cs1)c1ccc(-n2cccc2)cc1. The molecule has 4 aromatic rings. The van der Waals surface area contributed by atoms with E-state index in [0.29, 0.717) is 26.4 Å². The van der Waals surface area contributed by atoms with E-state index in [0.717, 1.165) is 11.3 Å². The molecule has 0 fully saturated rings. The van der Waals surface area contributed by atoms with Gasteiger partial charge in [0.25, 0.3) is 5.91 Å². The van der Waals surface area contributed by atoms with Crippen molar-refractivity contribution in [1.82, 2.24) is 9.55 Å². The average Bonchev–Trinajstić information content (AvgIpc) is 3.34. The molecule has 0 unspecified atom stereocenters. The minimum Gasteiger partial charge on any atom is -0.324 e. The molecule has 0 aliphatic rings. The van der Waals surface area contributed by atoms with Gasteiger partial charge in [0.2, 0.25) is 0 Å². The maximum atomic E-state index is 12.5. The van der Waals surface area contributed by atoms with Crippen molar-refractivity contribution in [2.75, 3.05) is 5.32 Å². The molecule has 2 aromatic carbocycles. The van der Waals surface area contributed by atoms with E-state index in [9.17, 15) is 4.79 Å². The van der Waals surface area contributed by atoms with Crippen molar-refractivity contribution in [3.63, 3.8) is 0 Å². The van der Waals surface area contributed by atoms with E-state index in [-0.39, 0.29) is 5.91 Å². The van der Waals surface area contributed by atoms with Crippen LogP contribution in [0, 0.1) is 0 Å². The van der Waals surface area contributed by atoms with Crippen LogP contribution in [-0.4, -0.2) is 15.5 Å². The molecule has 0 bridgehead atoms. The van der Waals surface area contributed by atoms with E-state index >= 15 is 0 Å². The number of aromatic nitrogens is 2. The zero-order chi connectivity index (χ0) is 18.8. The molecule has 0 radical (unpaired) electrons. The van der Waals surface area contributed by atoms with Crippen molar-refractivity contribution in [3.05, 3.63) is 88.0 Å². The van der Waals surface area contributed by atoms with Gasteiger partial charge in [0.05, 0.1) is 10.7 Å². The lowest BCUT2D eigenvalue weighted by atomic mass is 10.2. The van der Waals surface area contributed by atoms with Crippen LogP contribution in [0.2, 0.25) is 10.0 Å². The number of rotatable bonds is 4. The first-order valence-corrected chi connectivity index (χ1v) is 9.69. The smallest absolute Gasteiger partial charge is 0.257 e. The van der Waals surface area contributed by atoms with E-state index < -0.39 is 0 Å². The summed E-state index contributed by atoms with van der Waals surface area (Å²) in [4.78, 5) is 16.9. The number of amides is 1. The Kier molecular flexibility index (Phi) is 4.99. The van der Waals surface area contributed by atoms with Gasteiger partial charge < -0.3 is 4.57 Å². The summed E-state index contributed by atoms with van der Waals surface area (Å²) < 4.78 is 1.98. The van der Waals surface area contributed by atoms with Crippen LogP contribution in [0.25, 0.3) is 16.9 Å². The fourth-order valence-electron chi connectivity index (χ4n) is 2.61. The minimum absolute atomic E-state index is 0.211. The third-order valence-corrected chi connectivity index (χ3v) is 5.27. The number of hydrogen-bond donors (Lipinski definition) is 1. The van der Waals surface area contributed by atoms with Crippen LogP contribution in [0.5, 0.6) is 0 Å². The van der Waals surface area contributed by atoms with Gasteiger partial charge in [0.1, 0.15) is 0 Å². The molecule has 1 amide bonds. The Bertz CT molecular complexity index is 1090. The maximum Gasteiger partial charge on any atom is 0.257 e. The lowest BCUT2D eigenvalue weighted by Crippen LogP contribution is -2.11. The molecule has 0 aliphatic heterocycles. The molecule has 4 rings (SSSR count). The summed E-state index contributed by atoms with van der Waals surface area (Å²) in [7, 11) is 0. The van der Waals surface area contributed by atoms with E-state index in [1.54, 1.807) is 24.3 Å². The van der Waals surface area contributed by atoms with Gasteiger partial charge in [-0.3, -0.25) is 10.1 Å². The number of halogens is 2. The van der Waals surface area contributed by atoms with Crippen LogP contribution < -0.4 is 5.32 Å². The highest BCUT2D eigenvalue weighted by molar-refractivity contribution is 7.14. The lowest BCUT2D eigenvalue weighted by molar-refractivity contribution is 0.102. The largest absolute Gasteiger partial charge is 0.324 e. The van der Waals surface area contributed by atoms with Crippen molar-refractivity contribution in [1.29, 1.82) is 0 Å². The third-order valence-electron chi connectivity index (χ3n) is 3.96. The summed E-state index contributed by atoms with van der Waals surface area (Å²) in [6, 6.07) is 16.5.